The smallest absolute Gasteiger partial charge is 0.289 e. The van der Waals surface area contributed by atoms with Gasteiger partial charge >= 0.3 is 0 Å². The summed E-state index contributed by atoms with van der Waals surface area (Å²) < 4.78 is 58.9. The number of hydrogen-bond donors (Lipinski definition) is 1. The maximum atomic E-state index is 13.5. The number of amides is 1. The molecular formula is C21H19F2N3O5S. The maximum Gasteiger partial charge on any atom is 0.289 e. The molecular weight excluding hydrogens is 444 g/mol. The highest BCUT2D eigenvalue weighted by molar-refractivity contribution is 7.89. The van der Waals surface area contributed by atoms with Gasteiger partial charge in [0.05, 0.1) is 4.90 Å². The van der Waals surface area contributed by atoms with E-state index in [-0.39, 0.29) is 42.2 Å². The normalized spacial score (nSPS) is 16.0. The lowest BCUT2D eigenvalue weighted by atomic mass is 10.1. The van der Waals surface area contributed by atoms with E-state index < -0.39 is 27.6 Å². The standard InChI is InChI=1S/C21H19F2N3O5S/c1-13-2-4-15-18(24-28)12-20(31-19(15)10-13)21(27)25-6-8-26(9-7-25)32(29,30)14-3-5-16(22)17(23)11-14/h2-5,10-12,28H,6-9H2,1H3/b24-18-. The third-order valence-corrected chi connectivity index (χ3v) is 7.17. The third-order valence-electron chi connectivity index (χ3n) is 5.27. The van der Waals surface area contributed by atoms with Crippen molar-refractivity contribution in [3.63, 3.8) is 0 Å². The molecule has 1 fully saturated rings. The number of sulfonamides is 1. The number of fused-ring (bicyclic) bond motifs is 1. The van der Waals surface area contributed by atoms with E-state index in [1.54, 1.807) is 12.1 Å². The van der Waals surface area contributed by atoms with Gasteiger partial charge in [-0.05, 0) is 42.8 Å². The van der Waals surface area contributed by atoms with Gasteiger partial charge < -0.3 is 14.5 Å². The fourth-order valence-corrected chi connectivity index (χ4v) is 4.97. The molecule has 168 valence electrons. The summed E-state index contributed by atoms with van der Waals surface area (Å²) in [4.78, 5) is 14.0. The van der Waals surface area contributed by atoms with Crippen LogP contribution in [0.25, 0.3) is 11.0 Å². The minimum atomic E-state index is -4.04. The molecule has 0 spiro atoms. The predicted octanol–water partition coefficient (Wildman–Crippen LogP) is 2.46. The van der Waals surface area contributed by atoms with Crippen molar-refractivity contribution < 1.29 is 31.6 Å². The molecule has 11 heteroatoms. The van der Waals surface area contributed by atoms with Crippen LogP contribution in [0.1, 0.15) is 16.1 Å². The van der Waals surface area contributed by atoms with Crippen LogP contribution in [0.5, 0.6) is 0 Å². The fourth-order valence-electron chi connectivity index (χ4n) is 3.54. The van der Waals surface area contributed by atoms with Gasteiger partial charge in [-0.2, -0.15) is 4.31 Å². The Labute approximate surface area is 182 Å². The highest BCUT2D eigenvalue weighted by Crippen LogP contribution is 2.21. The molecule has 0 unspecified atom stereocenters. The topological polar surface area (TPSA) is 103 Å². The van der Waals surface area contributed by atoms with Crippen LogP contribution in [0.2, 0.25) is 0 Å². The largest absolute Gasteiger partial charge is 0.451 e. The summed E-state index contributed by atoms with van der Waals surface area (Å²) in [6.07, 6.45) is 0. The first-order valence-electron chi connectivity index (χ1n) is 9.68. The highest BCUT2D eigenvalue weighted by atomic mass is 32.2. The Hall–Kier alpha value is -3.31. The first-order valence-corrected chi connectivity index (χ1v) is 11.1. The minimum absolute atomic E-state index is 0.0308. The van der Waals surface area contributed by atoms with Crippen LogP contribution in [-0.2, 0) is 10.0 Å². The lowest BCUT2D eigenvalue weighted by molar-refractivity contribution is 0.0666. The van der Waals surface area contributed by atoms with Gasteiger partial charge in [0.15, 0.2) is 17.4 Å². The lowest BCUT2D eigenvalue weighted by Gasteiger charge is -2.33. The Morgan fingerprint density at radius 2 is 1.75 bits per heavy atom. The maximum absolute atomic E-state index is 13.5. The monoisotopic (exact) mass is 463 g/mol. The number of rotatable bonds is 3. The number of benzene rings is 2. The molecule has 0 saturated carbocycles. The number of carbonyl (C=O) groups excluding carboxylic acids is 1. The molecule has 1 saturated heterocycles. The van der Waals surface area contributed by atoms with Crippen LogP contribution < -0.4 is 5.36 Å². The molecule has 8 nitrogen and oxygen atoms in total. The third kappa shape index (κ3) is 3.96. The average Bonchev–Trinajstić information content (AvgIpc) is 2.79. The van der Waals surface area contributed by atoms with Gasteiger partial charge in [-0.25, -0.2) is 17.2 Å². The van der Waals surface area contributed by atoms with E-state index in [4.69, 9.17) is 4.42 Å². The number of aryl methyl sites for hydroxylation is 1. The molecule has 0 radical (unpaired) electrons. The van der Waals surface area contributed by atoms with Gasteiger partial charge in [0.1, 0.15) is 10.9 Å². The molecule has 32 heavy (non-hydrogen) atoms. The molecule has 1 amide bonds. The van der Waals surface area contributed by atoms with Crippen LogP contribution >= 0.6 is 0 Å². The first-order chi connectivity index (χ1) is 15.2. The van der Waals surface area contributed by atoms with Crippen molar-refractivity contribution in [2.45, 2.75) is 11.8 Å². The molecule has 0 atom stereocenters. The fraction of sp³-hybridized carbons (Fsp3) is 0.238. The Kier molecular flexibility index (Phi) is 5.70. The van der Waals surface area contributed by atoms with Crippen LogP contribution in [0, 0.1) is 18.6 Å². The molecule has 0 bridgehead atoms. The molecule has 1 aliphatic heterocycles. The second-order valence-electron chi connectivity index (χ2n) is 7.37. The zero-order valence-corrected chi connectivity index (χ0v) is 17.8. The zero-order chi connectivity index (χ0) is 23.0. The average molecular weight is 463 g/mol. The number of carbonyl (C=O) groups is 1. The number of halogens is 2. The van der Waals surface area contributed by atoms with Crippen molar-refractivity contribution in [3.8, 4) is 0 Å². The van der Waals surface area contributed by atoms with Crippen LogP contribution in [0.3, 0.4) is 0 Å². The van der Waals surface area contributed by atoms with E-state index in [0.717, 1.165) is 22.0 Å². The summed E-state index contributed by atoms with van der Waals surface area (Å²) in [6, 6.07) is 8.98. The van der Waals surface area contributed by atoms with Crippen molar-refractivity contribution >= 4 is 26.9 Å². The zero-order valence-electron chi connectivity index (χ0n) is 17.0. The van der Waals surface area contributed by atoms with Crippen molar-refractivity contribution in [1.29, 1.82) is 0 Å². The van der Waals surface area contributed by atoms with Gasteiger partial charge in [0.25, 0.3) is 5.91 Å². The first kappa shape index (κ1) is 21.9. The molecule has 4 rings (SSSR count). The summed E-state index contributed by atoms with van der Waals surface area (Å²) in [5.41, 5.74) is 1.27. The summed E-state index contributed by atoms with van der Waals surface area (Å²) in [6.45, 7) is 1.92. The van der Waals surface area contributed by atoms with Gasteiger partial charge in [-0.15, -0.1) is 0 Å². The Balaban J connectivity index is 1.54. The minimum Gasteiger partial charge on any atom is -0.451 e. The van der Waals surface area contributed by atoms with Crippen molar-refractivity contribution in [1.82, 2.24) is 9.21 Å². The molecule has 2 heterocycles. The van der Waals surface area contributed by atoms with E-state index in [2.05, 4.69) is 5.16 Å². The molecule has 1 aromatic heterocycles. The second kappa shape index (κ2) is 8.32. The Morgan fingerprint density at radius 3 is 2.41 bits per heavy atom. The Morgan fingerprint density at radius 1 is 1.03 bits per heavy atom. The van der Waals surface area contributed by atoms with Gasteiger partial charge in [-0.1, -0.05) is 11.2 Å². The number of piperazine rings is 1. The quantitative estimate of drug-likeness (QED) is 0.475. The van der Waals surface area contributed by atoms with Crippen LogP contribution in [0.4, 0.5) is 8.78 Å². The number of nitrogens with zero attached hydrogens (tertiary/aromatic N) is 3. The molecule has 0 aliphatic carbocycles. The molecule has 1 N–H and O–H groups in total. The van der Waals surface area contributed by atoms with E-state index >= 15 is 0 Å². The van der Waals surface area contributed by atoms with Gasteiger partial charge in [0, 0.05) is 37.6 Å². The summed E-state index contributed by atoms with van der Waals surface area (Å²) in [5, 5.41) is 13.3. The van der Waals surface area contributed by atoms with Crippen molar-refractivity contribution in [2.24, 2.45) is 5.16 Å². The SMILES string of the molecule is Cc1ccc2/c(=N\O)cc(C(=O)N3CCN(S(=O)(=O)c4ccc(F)c(F)c4)CC3)oc2c1. The van der Waals surface area contributed by atoms with E-state index in [9.17, 15) is 27.2 Å². The van der Waals surface area contributed by atoms with E-state index in [0.29, 0.717) is 17.0 Å². The second-order valence-corrected chi connectivity index (χ2v) is 9.31. The summed E-state index contributed by atoms with van der Waals surface area (Å²) in [5.74, 6) is -2.92. The predicted molar refractivity (Wildman–Crippen MR) is 109 cm³/mol. The number of hydrogen-bond acceptors (Lipinski definition) is 6. The molecule has 3 aromatic rings. The lowest BCUT2D eigenvalue weighted by Crippen LogP contribution is -2.50. The molecule has 1 aliphatic rings. The van der Waals surface area contributed by atoms with E-state index in [1.807, 2.05) is 13.0 Å². The summed E-state index contributed by atoms with van der Waals surface area (Å²) >= 11 is 0. The Bertz CT molecular complexity index is 1380. The van der Waals surface area contributed by atoms with Gasteiger partial charge in [-0.3, -0.25) is 4.79 Å². The van der Waals surface area contributed by atoms with E-state index in [1.165, 1.54) is 11.0 Å². The highest BCUT2D eigenvalue weighted by Gasteiger charge is 2.31. The van der Waals surface area contributed by atoms with Gasteiger partial charge in [0.2, 0.25) is 10.0 Å². The van der Waals surface area contributed by atoms with Crippen molar-refractivity contribution in [2.75, 3.05) is 26.2 Å². The summed E-state index contributed by atoms with van der Waals surface area (Å²) in [7, 11) is -4.04. The molecule has 2 aromatic carbocycles. The van der Waals surface area contributed by atoms with Crippen molar-refractivity contribution in [3.05, 3.63) is 70.8 Å². The van der Waals surface area contributed by atoms with Crippen LogP contribution in [-0.4, -0.2) is 54.9 Å². The van der Waals surface area contributed by atoms with Crippen LogP contribution in [0.15, 0.2) is 56.9 Å².